The van der Waals surface area contributed by atoms with Gasteiger partial charge in [-0.15, -0.1) is 0 Å². The van der Waals surface area contributed by atoms with E-state index in [4.69, 9.17) is 4.84 Å². The van der Waals surface area contributed by atoms with Crippen molar-refractivity contribution in [2.24, 2.45) is 0 Å². The van der Waals surface area contributed by atoms with Crippen LogP contribution in [0.3, 0.4) is 0 Å². The summed E-state index contributed by atoms with van der Waals surface area (Å²) in [6.07, 6.45) is 1.24. The van der Waals surface area contributed by atoms with Crippen molar-refractivity contribution >= 4 is 0 Å². The van der Waals surface area contributed by atoms with Crippen LogP contribution in [0.1, 0.15) is 20.3 Å². The maximum atomic E-state index is 5.58. The number of halogens is 1. The minimum atomic E-state index is 0. The lowest BCUT2D eigenvalue weighted by molar-refractivity contribution is -1.09. The molecule has 1 fully saturated rings. The van der Waals surface area contributed by atoms with Gasteiger partial charge in [0.1, 0.15) is 26.2 Å². The second kappa shape index (κ2) is 4.51. The molecule has 0 N–H and O–H groups in total. The van der Waals surface area contributed by atoms with Crippen LogP contribution in [0.25, 0.3) is 0 Å². The Morgan fingerprint density at radius 1 is 1.30 bits per heavy atom. The maximum absolute atomic E-state index is 5.58. The zero-order chi connectivity index (χ0) is 6.74. The molecule has 62 valence electrons. The van der Waals surface area contributed by atoms with E-state index in [-0.39, 0.29) is 24.0 Å². The van der Waals surface area contributed by atoms with Gasteiger partial charge < -0.3 is 24.0 Å². The third-order valence-corrected chi connectivity index (χ3v) is 2.23. The van der Waals surface area contributed by atoms with E-state index in [1.807, 2.05) is 0 Å². The molecule has 1 aliphatic heterocycles. The number of nitrogens with zero attached hydrogens (tertiary/aromatic N) is 1. The lowest BCUT2D eigenvalue weighted by Crippen LogP contribution is -3.00. The summed E-state index contributed by atoms with van der Waals surface area (Å²) in [7, 11) is 0. The molecule has 1 aliphatic rings. The van der Waals surface area contributed by atoms with Crippen molar-refractivity contribution in [3.05, 3.63) is 0 Å². The highest BCUT2D eigenvalue weighted by Gasteiger charge is 2.30. The first kappa shape index (κ1) is 10.7. The molecule has 0 spiro atoms. The SMILES string of the molecule is CC[N+]1(CC)CCCO1.[I-]. The lowest BCUT2D eigenvalue weighted by atomic mass is 10.4. The van der Waals surface area contributed by atoms with E-state index in [1.165, 1.54) is 13.0 Å². The smallest absolute Gasteiger partial charge is 0.112 e. The van der Waals surface area contributed by atoms with Crippen molar-refractivity contribution in [1.82, 2.24) is 0 Å². The molecule has 0 aromatic carbocycles. The molecule has 0 aliphatic carbocycles. The summed E-state index contributed by atoms with van der Waals surface area (Å²) in [6.45, 7) is 8.80. The highest BCUT2D eigenvalue weighted by Crippen LogP contribution is 2.15. The van der Waals surface area contributed by atoms with Gasteiger partial charge in [0.15, 0.2) is 0 Å². The highest BCUT2D eigenvalue weighted by molar-refractivity contribution is 4.39. The Kier molecular flexibility index (Phi) is 4.81. The van der Waals surface area contributed by atoms with Gasteiger partial charge in [-0.1, -0.05) is 0 Å². The van der Waals surface area contributed by atoms with E-state index in [2.05, 4.69) is 13.8 Å². The van der Waals surface area contributed by atoms with E-state index in [0.29, 0.717) is 0 Å². The fourth-order valence-electron chi connectivity index (χ4n) is 1.40. The first-order valence-electron chi connectivity index (χ1n) is 3.83. The van der Waals surface area contributed by atoms with Gasteiger partial charge in [-0.25, -0.2) is 4.84 Å². The van der Waals surface area contributed by atoms with E-state index >= 15 is 0 Å². The number of hydrogen-bond acceptors (Lipinski definition) is 1. The normalized spacial score (nSPS) is 22.2. The standard InChI is InChI=1S/C7H16NO.HI/c1-3-8(4-2)6-5-7-9-8;/h3-7H2,1-2H3;1H/q+1;/p-1. The van der Waals surface area contributed by atoms with E-state index < -0.39 is 0 Å². The van der Waals surface area contributed by atoms with Gasteiger partial charge in [-0.05, 0) is 13.8 Å². The molecule has 0 bridgehead atoms. The lowest BCUT2D eigenvalue weighted by Gasteiger charge is -2.26. The van der Waals surface area contributed by atoms with Crippen LogP contribution in [0.5, 0.6) is 0 Å². The van der Waals surface area contributed by atoms with Gasteiger partial charge in [0.05, 0.1) is 0 Å². The molecule has 0 unspecified atom stereocenters. The van der Waals surface area contributed by atoms with Crippen LogP contribution in [0.2, 0.25) is 0 Å². The molecule has 1 heterocycles. The number of rotatable bonds is 2. The Bertz CT molecular complexity index is 85.6. The van der Waals surface area contributed by atoms with Crippen molar-refractivity contribution in [1.29, 1.82) is 0 Å². The van der Waals surface area contributed by atoms with Crippen molar-refractivity contribution in [2.75, 3.05) is 26.2 Å². The van der Waals surface area contributed by atoms with Crippen molar-refractivity contribution in [3.63, 3.8) is 0 Å². The Balaban J connectivity index is 0.000000810. The van der Waals surface area contributed by atoms with Crippen LogP contribution in [0.4, 0.5) is 0 Å². The van der Waals surface area contributed by atoms with Gasteiger partial charge >= 0.3 is 0 Å². The molecule has 0 atom stereocenters. The first-order chi connectivity index (χ1) is 4.33. The Hall–Kier alpha value is 0.650. The minimum absolute atomic E-state index is 0. The zero-order valence-corrected chi connectivity index (χ0v) is 8.93. The third kappa shape index (κ3) is 2.07. The topological polar surface area (TPSA) is 9.23 Å². The van der Waals surface area contributed by atoms with E-state index in [0.717, 1.165) is 24.3 Å². The molecule has 0 aromatic rings. The van der Waals surface area contributed by atoms with Gasteiger partial charge in [0.2, 0.25) is 0 Å². The fourth-order valence-corrected chi connectivity index (χ4v) is 1.40. The molecular weight excluding hydrogens is 241 g/mol. The summed E-state index contributed by atoms with van der Waals surface area (Å²) in [4.78, 5) is 5.58. The van der Waals surface area contributed by atoms with Crippen LogP contribution < -0.4 is 24.0 Å². The van der Waals surface area contributed by atoms with Crippen LogP contribution in [0, 0.1) is 0 Å². The number of hydrogen-bond donors (Lipinski definition) is 0. The summed E-state index contributed by atoms with van der Waals surface area (Å²) in [5.41, 5.74) is 0. The summed E-state index contributed by atoms with van der Waals surface area (Å²) < 4.78 is 0.889. The third-order valence-electron chi connectivity index (χ3n) is 2.23. The van der Waals surface area contributed by atoms with Crippen molar-refractivity contribution in [2.45, 2.75) is 20.3 Å². The predicted octanol–water partition coefficient (Wildman–Crippen LogP) is -1.82. The molecule has 2 nitrogen and oxygen atoms in total. The Morgan fingerprint density at radius 2 is 1.90 bits per heavy atom. The molecule has 1 rings (SSSR count). The highest BCUT2D eigenvalue weighted by atomic mass is 127. The Morgan fingerprint density at radius 3 is 2.10 bits per heavy atom. The molecular formula is C7H16INO. The van der Waals surface area contributed by atoms with Crippen molar-refractivity contribution < 1.29 is 33.5 Å². The summed E-state index contributed by atoms with van der Waals surface area (Å²) in [6, 6.07) is 0. The second-order valence-corrected chi connectivity index (χ2v) is 2.60. The number of quaternary nitrogens is 1. The molecule has 0 aromatic heterocycles. The van der Waals surface area contributed by atoms with Crippen LogP contribution in [-0.2, 0) is 4.84 Å². The Labute approximate surface area is 80.1 Å². The second-order valence-electron chi connectivity index (χ2n) is 2.60. The maximum Gasteiger partial charge on any atom is 0.112 e. The minimum Gasteiger partial charge on any atom is -1.00 e. The van der Waals surface area contributed by atoms with Crippen LogP contribution in [0.15, 0.2) is 0 Å². The predicted molar refractivity (Wildman–Crippen MR) is 36.8 cm³/mol. The van der Waals surface area contributed by atoms with Crippen LogP contribution in [-0.4, -0.2) is 30.9 Å². The molecule has 1 saturated heterocycles. The van der Waals surface area contributed by atoms with E-state index in [9.17, 15) is 0 Å². The largest absolute Gasteiger partial charge is 1.00 e. The monoisotopic (exact) mass is 257 g/mol. The zero-order valence-electron chi connectivity index (χ0n) is 6.77. The quantitative estimate of drug-likeness (QED) is 0.418. The average molecular weight is 257 g/mol. The molecule has 0 radical (unpaired) electrons. The molecule has 0 amide bonds. The van der Waals surface area contributed by atoms with Crippen LogP contribution >= 0.6 is 0 Å². The fraction of sp³-hybridized carbons (Fsp3) is 1.00. The van der Waals surface area contributed by atoms with E-state index in [1.54, 1.807) is 0 Å². The summed E-state index contributed by atoms with van der Waals surface area (Å²) >= 11 is 0. The molecule has 10 heavy (non-hydrogen) atoms. The van der Waals surface area contributed by atoms with Gasteiger partial charge in [-0.2, -0.15) is 4.65 Å². The first-order valence-corrected chi connectivity index (χ1v) is 3.83. The summed E-state index contributed by atoms with van der Waals surface area (Å²) in [5, 5.41) is 0. The van der Waals surface area contributed by atoms with Crippen molar-refractivity contribution in [3.8, 4) is 0 Å². The van der Waals surface area contributed by atoms with Gasteiger partial charge in [0, 0.05) is 6.42 Å². The average Bonchev–Trinajstić information content (AvgIpc) is 2.36. The number of hydroxylamine groups is 3. The molecule has 0 saturated carbocycles. The summed E-state index contributed by atoms with van der Waals surface area (Å²) in [5.74, 6) is 0. The van der Waals surface area contributed by atoms with Gasteiger partial charge in [0.25, 0.3) is 0 Å². The molecule has 3 heteroatoms. The van der Waals surface area contributed by atoms with Gasteiger partial charge in [-0.3, -0.25) is 0 Å².